The van der Waals surface area contributed by atoms with Gasteiger partial charge >= 0.3 is 11.7 Å². The highest BCUT2D eigenvalue weighted by atomic mass is 16.6. The van der Waals surface area contributed by atoms with Gasteiger partial charge in [-0.1, -0.05) is 96.3 Å². The van der Waals surface area contributed by atoms with E-state index in [9.17, 15) is 14.9 Å². The maximum atomic E-state index is 12.7. The van der Waals surface area contributed by atoms with Crippen molar-refractivity contribution in [2.45, 2.75) is 110 Å². The molecule has 1 atom stereocenters. The second-order valence-electron chi connectivity index (χ2n) is 11.5. The minimum absolute atomic E-state index is 0.0661. The highest BCUT2D eigenvalue weighted by Crippen LogP contribution is 2.34. The van der Waals surface area contributed by atoms with Gasteiger partial charge in [-0.15, -0.1) is 0 Å². The highest BCUT2D eigenvalue weighted by Gasteiger charge is 2.19. The molecular formula is C37H49NO6. The summed E-state index contributed by atoms with van der Waals surface area (Å²) in [6.45, 7) is 7.02. The SMILES string of the molecule is CCCCCCCCCCOc1ccc(C(=O)Oc2ccc(-c3ccc(O[C@@H](C)CCCCCC)c([N+](=O)[O-])c3)cc2)cc1. The van der Waals surface area contributed by atoms with E-state index in [1.165, 1.54) is 57.4 Å². The van der Waals surface area contributed by atoms with Gasteiger partial charge in [-0.05, 0) is 79.8 Å². The van der Waals surface area contributed by atoms with Gasteiger partial charge in [0, 0.05) is 6.07 Å². The van der Waals surface area contributed by atoms with Crippen molar-refractivity contribution in [2.75, 3.05) is 6.61 Å². The van der Waals surface area contributed by atoms with Crippen molar-refractivity contribution in [2.24, 2.45) is 0 Å². The first-order valence-corrected chi connectivity index (χ1v) is 16.4. The summed E-state index contributed by atoms with van der Waals surface area (Å²) in [6.07, 6.45) is 15.3. The van der Waals surface area contributed by atoms with Crippen molar-refractivity contribution in [3.05, 3.63) is 82.4 Å². The molecule has 44 heavy (non-hydrogen) atoms. The second-order valence-corrected chi connectivity index (χ2v) is 11.5. The van der Waals surface area contributed by atoms with Gasteiger partial charge in [0.05, 0.1) is 23.2 Å². The van der Waals surface area contributed by atoms with Crippen LogP contribution in [0.25, 0.3) is 11.1 Å². The third-order valence-corrected chi connectivity index (χ3v) is 7.70. The van der Waals surface area contributed by atoms with Crippen molar-refractivity contribution in [3.63, 3.8) is 0 Å². The fraction of sp³-hybridized carbons (Fsp3) is 0.486. The summed E-state index contributed by atoms with van der Waals surface area (Å²) in [5.41, 5.74) is 1.81. The van der Waals surface area contributed by atoms with Crippen LogP contribution in [0.1, 0.15) is 115 Å². The molecule has 3 aromatic rings. The predicted octanol–water partition coefficient (Wildman–Crippen LogP) is 10.7. The van der Waals surface area contributed by atoms with E-state index in [1.54, 1.807) is 54.6 Å². The average molecular weight is 604 g/mol. The number of nitro groups is 1. The van der Waals surface area contributed by atoms with Crippen LogP contribution < -0.4 is 14.2 Å². The van der Waals surface area contributed by atoms with Gasteiger partial charge < -0.3 is 14.2 Å². The van der Waals surface area contributed by atoms with Gasteiger partial charge in [-0.2, -0.15) is 0 Å². The first-order chi connectivity index (χ1) is 21.4. The molecule has 0 aliphatic heterocycles. The van der Waals surface area contributed by atoms with Crippen molar-refractivity contribution < 1.29 is 23.9 Å². The Morgan fingerprint density at radius 1 is 0.727 bits per heavy atom. The van der Waals surface area contributed by atoms with Crippen molar-refractivity contribution in [1.82, 2.24) is 0 Å². The molecule has 7 nitrogen and oxygen atoms in total. The monoisotopic (exact) mass is 603 g/mol. The fourth-order valence-electron chi connectivity index (χ4n) is 5.07. The Morgan fingerprint density at radius 2 is 1.30 bits per heavy atom. The summed E-state index contributed by atoms with van der Waals surface area (Å²) in [4.78, 5) is 24.1. The van der Waals surface area contributed by atoms with Crippen molar-refractivity contribution in [1.29, 1.82) is 0 Å². The van der Waals surface area contributed by atoms with Gasteiger partial charge in [0.25, 0.3) is 0 Å². The molecule has 0 aromatic heterocycles. The molecule has 3 rings (SSSR count). The Hall–Kier alpha value is -3.87. The summed E-state index contributed by atoms with van der Waals surface area (Å²) in [7, 11) is 0. The van der Waals surface area contributed by atoms with E-state index in [4.69, 9.17) is 14.2 Å². The van der Waals surface area contributed by atoms with Crippen LogP contribution in [0.4, 0.5) is 5.69 Å². The van der Waals surface area contributed by atoms with E-state index in [2.05, 4.69) is 13.8 Å². The predicted molar refractivity (Wildman–Crippen MR) is 177 cm³/mol. The minimum atomic E-state index is -0.465. The van der Waals surface area contributed by atoms with Crippen LogP contribution >= 0.6 is 0 Å². The Balaban J connectivity index is 1.49. The Labute approximate surface area is 263 Å². The molecule has 0 aliphatic rings. The fourth-order valence-corrected chi connectivity index (χ4v) is 5.07. The van der Waals surface area contributed by atoms with Crippen LogP contribution in [-0.2, 0) is 0 Å². The topological polar surface area (TPSA) is 87.9 Å². The Morgan fingerprint density at radius 3 is 1.93 bits per heavy atom. The van der Waals surface area contributed by atoms with Crippen molar-refractivity contribution in [3.8, 4) is 28.4 Å². The summed E-state index contributed by atoms with van der Waals surface area (Å²) in [6, 6.07) is 18.9. The molecule has 0 bridgehead atoms. The zero-order valence-corrected chi connectivity index (χ0v) is 26.7. The van der Waals surface area contributed by atoms with Crippen LogP contribution in [0.3, 0.4) is 0 Å². The number of ether oxygens (including phenoxy) is 3. The lowest BCUT2D eigenvalue weighted by atomic mass is 10.0. The van der Waals surface area contributed by atoms with Crippen LogP contribution in [0.5, 0.6) is 17.2 Å². The number of esters is 1. The van der Waals surface area contributed by atoms with Gasteiger partial charge in [0.2, 0.25) is 0 Å². The summed E-state index contributed by atoms with van der Waals surface area (Å²) in [5, 5.41) is 11.8. The first-order valence-electron chi connectivity index (χ1n) is 16.4. The van der Waals surface area contributed by atoms with Crippen LogP contribution in [-0.4, -0.2) is 23.6 Å². The Kier molecular flexibility index (Phi) is 15.3. The minimum Gasteiger partial charge on any atom is -0.494 e. The highest BCUT2D eigenvalue weighted by molar-refractivity contribution is 5.91. The molecule has 0 N–H and O–H groups in total. The van der Waals surface area contributed by atoms with Crippen LogP contribution in [0, 0.1) is 10.1 Å². The quantitative estimate of drug-likeness (QED) is 0.0396. The molecular weight excluding hydrogens is 554 g/mol. The molecule has 0 amide bonds. The maximum absolute atomic E-state index is 12.7. The lowest BCUT2D eigenvalue weighted by Gasteiger charge is -2.15. The number of carbonyl (C=O) groups excluding carboxylic acids is 1. The zero-order chi connectivity index (χ0) is 31.6. The zero-order valence-electron chi connectivity index (χ0n) is 26.7. The maximum Gasteiger partial charge on any atom is 0.343 e. The lowest BCUT2D eigenvalue weighted by molar-refractivity contribution is -0.386. The average Bonchev–Trinajstić information content (AvgIpc) is 3.03. The number of rotatable bonds is 21. The van der Waals surface area contributed by atoms with Crippen LogP contribution in [0.15, 0.2) is 66.7 Å². The number of carbonyl (C=O) groups is 1. The first kappa shape index (κ1) is 34.6. The molecule has 0 fully saturated rings. The molecule has 0 saturated carbocycles. The molecule has 238 valence electrons. The molecule has 0 unspecified atom stereocenters. The summed E-state index contributed by atoms with van der Waals surface area (Å²) in [5.74, 6) is 0.936. The van der Waals surface area contributed by atoms with E-state index in [0.717, 1.165) is 43.4 Å². The van der Waals surface area contributed by atoms with Gasteiger partial charge in [0.15, 0.2) is 5.75 Å². The third-order valence-electron chi connectivity index (χ3n) is 7.70. The number of hydrogen-bond acceptors (Lipinski definition) is 6. The van der Waals surface area contributed by atoms with Gasteiger partial charge in [0.1, 0.15) is 11.5 Å². The molecule has 0 aliphatic carbocycles. The second kappa shape index (κ2) is 19.4. The smallest absolute Gasteiger partial charge is 0.343 e. The molecule has 3 aromatic carbocycles. The summed E-state index contributed by atoms with van der Waals surface area (Å²) >= 11 is 0. The van der Waals surface area contributed by atoms with Crippen molar-refractivity contribution >= 4 is 11.7 Å². The van der Waals surface area contributed by atoms with E-state index >= 15 is 0 Å². The number of nitro benzene ring substituents is 1. The molecule has 0 spiro atoms. The number of hydrogen-bond donors (Lipinski definition) is 0. The summed E-state index contributed by atoms with van der Waals surface area (Å²) < 4.78 is 17.3. The van der Waals surface area contributed by atoms with Gasteiger partial charge in [-0.3, -0.25) is 10.1 Å². The van der Waals surface area contributed by atoms with E-state index in [1.807, 2.05) is 13.0 Å². The molecule has 0 saturated heterocycles. The largest absolute Gasteiger partial charge is 0.494 e. The molecule has 0 heterocycles. The lowest BCUT2D eigenvalue weighted by Crippen LogP contribution is -2.12. The molecule has 0 radical (unpaired) electrons. The number of nitrogens with zero attached hydrogens (tertiary/aromatic N) is 1. The Bertz CT molecular complexity index is 1270. The van der Waals surface area contributed by atoms with Gasteiger partial charge in [-0.25, -0.2) is 4.79 Å². The third kappa shape index (κ3) is 12.0. The van der Waals surface area contributed by atoms with Crippen LogP contribution in [0.2, 0.25) is 0 Å². The normalized spacial score (nSPS) is 11.6. The molecule has 7 heteroatoms. The van der Waals surface area contributed by atoms with E-state index in [0.29, 0.717) is 23.5 Å². The number of unbranched alkanes of at least 4 members (excludes halogenated alkanes) is 10. The standard InChI is InChI=1S/C37H49NO6/c1-4-6-8-10-11-12-13-15-27-42-33-22-19-31(20-23-33)37(39)44-34-24-17-30(18-25-34)32-21-26-36(35(28-32)38(40)41)43-29(3)16-14-9-7-5-2/h17-26,28-29H,4-16,27H2,1-3H3/t29-/m0/s1. The van der Waals surface area contributed by atoms with E-state index in [-0.39, 0.29) is 17.5 Å². The van der Waals surface area contributed by atoms with E-state index < -0.39 is 10.9 Å². The number of benzene rings is 3.